The molecule has 0 fully saturated rings. The van der Waals surface area contributed by atoms with Crippen molar-refractivity contribution in [2.45, 2.75) is 6.54 Å². The number of methoxy groups -OCH3 is 1. The van der Waals surface area contributed by atoms with Gasteiger partial charge in [-0.3, -0.25) is 4.68 Å². The minimum Gasteiger partial charge on any atom is -0.383 e. The van der Waals surface area contributed by atoms with Gasteiger partial charge in [0.15, 0.2) is 0 Å². The SMILES string of the molecule is COCCNc1nccn1Cc1cnn(C)c1. The Balaban J connectivity index is 1.98. The van der Waals surface area contributed by atoms with E-state index in [1.165, 1.54) is 0 Å². The third-order valence-electron chi connectivity index (χ3n) is 2.42. The molecule has 0 aliphatic carbocycles. The molecule has 0 aliphatic heterocycles. The van der Waals surface area contributed by atoms with Crippen molar-refractivity contribution in [3.05, 3.63) is 30.4 Å². The second-order valence-corrected chi connectivity index (χ2v) is 3.82. The molecule has 0 bridgehead atoms. The lowest BCUT2D eigenvalue weighted by Crippen LogP contribution is -2.12. The Labute approximate surface area is 100 Å². The molecule has 0 aliphatic rings. The van der Waals surface area contributed by atoms with Crippen LogP contribution in [0.5, 0.6) is 0 Å². The molecule has 17 heavy (non-hydrogen) atoms. The maximum Gasteiger partial charge on any atom is 0.203 e. The summed E-state index contributed by atoms with van der Waals surface area (Å²) >= 11 is 0. The van der Waals surface area contributed by atoms with Crippen LogP contribution in [-0.2, 0) is 18.3 Å². The van der Waals surface area contributed by atoms with Crippen molar-refractivity contribution in [3.63, 3.8) is 0 Å². The maximum absolute atomic E-state index is 4.99. The molecule has 0 saturated heterocycles. The molecule has 92 valence electrons. The number of aromatic nitrogens is 4. The van der Waals surface area contributed by atoms with E-state index in [2.05, 4.69) is 15.4 Å². The molecule has 0 saturated carbocycles. The zero-order chi connectivity index (χ0) is 12.1. The molecule has 0 radical (unpaired) electrons. The topological polar surface area (TPSA) is 56.9 Å². The van der Waals surface area contributed by atoms with Gasteiger partial charge in [0.1, 0.15) is 0 Å². The third-order valence-corrected chi connectivity index (χ3v) is 2.42. The molecule has 0 spiro atoms. The highest BCUT2D eigenvalue weighted by molar-refractivity contribution is 5.27. The van der Waals surface area contributed by atoms with Gasteiger partial charge in [0.05, 0.1) is 19.3 Å². The van der Waals surface area contributed by atoms with Crippen LogP contribution in [0.1, 0.15) is 5.56 Å². The molecular formula is C11H17N5O. The number of rotatable bonds is 6. The molecular weight excluding hydrogens is 218 g/mol. The first-order valence-electron chi connectivity index (χ1n) is 5.51. The average Bonchev–Trinajstić information content (AvgIpc) is 2.90. The van der Waals surface area contributed by atoms with Crippen LogP contribution in [0.4, 0.5) is 5.95 Å². The third kappa shape index (κ3) is 3.07. The van der Waals surface area contributed by atoms with Crippen LogP contribution in [0.15, 0.2) is 24.8 Å². The predicted molar refractivity (Wildman–Crippen MR) is 64.9 cm³/mol. The van der Waals surface area contributed by atoms with E-state index in [0.717, 1.165) is 24.6 Å². The van der Waals surface area contributed by atoms with Gasteiger partial charge in [-0.05, 0) is 0 Å². The summed E-state index contributed by atoms with van der Waals surface area (Å²) in [6.07, 6.45) is 7.59. The summed E-state index contributed by atoms with van der Waals surface area (Å²) < 4.78 is 8.83. The van der Waals surface area contributed by atoms with Gasteiger partial charge in [0.25, 0.3) is 0 Å². The lowest BCUT2D eigenvalue weighted by molar-refractivity contribution is 0.210. The Morgan fingerprint density at radius 1 is 1.47 bits per heavy atom. The van der Waals surface area contributed by atoms with Crippen LogP contribution in [-0.4, -0.2) is 39.6 Å². The number of anilines is 1. The minimum atomic E-state index is 0.666. The number of imidazole rings is 1. The molecule has 2 aromatic rings. The summed E-state index contributed by atoms with van der Waals surface area (Å²) in [5.41, 5.74) is 1.15. The zero-order valence-electron chi connectivity index (χ0n) is 10.1. The standard InChI is InChI=1S/C11H17N5O/c1-15-8-10(7-14-15)9-16-5-3-12-11(16)13-4-6-17-2/h3,5,7-8H,4,6,9H2,1-2H3,(H,12,13). The first-order chi connectivity index (χ1) is 8.29. The van der Waals surface area contributed by atoms with Crippen molar-refractivity contribution >= 4 is 5.95 Å². The normalized spacial score (nSPS) is 10.7. The van der Waals surface area contributed by atoms with E-state index in [0.29, 0.717) is 6.61 Å². The van der Waals surface area contributed by atoms with Crippen LogP contribution in [0.3, 0.4) is 0 Å². The van der Waals surface area contributed by atoms with E-state index in [-0.39, 0.29) is 0 Å². The minimum absolute atomic E-state index is 0.666. The number of nitrogens with one attached hydrogen (secondary N) is 1. The van der Waals surface area contributed by atoms with Gasteiger partial charge >= 0.3 is 0 Å². The first-order valence-corrected chi connectivity index (χ1v) is 5.51. The number of nitrogens with zero attached hydrogens (tertiary/aromatic N) is 4. The van der Waals surface area contributed by atoms with Crippen LogP contribution in [0.2, 0.25) is 0 Å². The molecule has 0 aromatic carbocycles. The summed E-state index contributed by atoms with van der Waals surface area (Å²) in [6, 6.07) is 0. The maximum atomic E-state index is 4.99. The molecule has 2 rings (SSSR count). The fourth-order valence-electron chi connectivity index (χ4n) is 1.62. The highest BCUT2D eigenvalue weighted by Gasteiger charge is 2.03. The van der Waals surface area contributed by atoms with Crippen LogP contribution in [0, 0.1) is 0 Å². The molecule has 0 amide bonds. The van der Waals surface area contributed by atoms with E-state index >= 15 is 0 Å². The van der Waals surface area contributed by atoms with Crippen molar-refractivity contribution in [2.75, 3.05) is 25.6 Å². The fraction of sp³-hybridized carbons (Fsp3) is 0.455. The van der Waals surface area contributed by atoms with Crippen molar-refractivity contribution in [2.24, 2.45) is 7.05 Å². The molecule has 1 N–H and O–H groups in total. The Morgan fingerprint density at radius 2 is 2.35 bits per heavy atom. The van der Waals surface area contributed by atoms with Crippen LogP contribution >= 0.6 is 0 Å². The Kier molecular flexibility index (Phi) is 3.77. The smallest absolute Gasteiger partial charge is 0.203 e. The molecule has 6 heteroatoms. The fourth-order valence-corrected chi connectivity index (χ4v) is 1.62. The van der Waals surface area contributed by atoms with E-state index in [9.17, 15) is 0 Å². The van der Waals surface area contributed by atoms with Gasteiger partial charge in [-0.1, -0.05) is 0 Å². The number of ether oxygens (including phenoxy) is 1. The van der Waals surface area contributed by atoms with E-state index in [1.54, 1.807) is 18.0 Å². The van der Waals surface area contributed by atoms with E-state index in [1.807, 2.05) is 30.2 Å². The van der Waals surface area contributed by atoms with Crippen LogP contribution in [0.25, 0.3) is 0 Å². The van der Waals surface area contributed by atoms with E-state index < -0.39 is 0 Å². The first kappa shape index (κ1) is 11.7. The van der Waals surface area contributed by atoms with E-state index in [4.69, 9.17) is 4.74 Å². The van der Waals surface area contributed by atoms with Gasteiger partial charge < -0.3 is 14.6 Å². The number of hydrogen-bond donors (Lipinski definition) is 1. The van der Waals surface area contributed by atoms with Gasteiger partial charge in [-0.15, -0.1) is 0 Å². The summed E-state index contributed by atoms with van der Waals surface area (Å²) in [5.74, 6) is 0.853. The zero-order valence-corrected chi connectivity index (χ0v) is 10.1. The second kappa shape index (κ2) is 5.49. The van der Waals surface area contributed by atoms with Crippen molar-refractivity contribution in [1.29, 1.82) is 0 Å². The monoisotopic (exact) mass is 235 g/mol. The number of hydrogen-bond acceptors (Lipinski definition) is 4. The largest absolute Gasteiger partial charge is 0.383 e. The summed E-state index contributed by atoms with van der Waals surface area (Å²) in [5, 5.41) is 7.37. The van der Waals surface area contributed by atoms with Gasteiger partial charge in [0.2, 0.25) is 5.95 Å². The Hall–Kier alpha value is -1.82. The van der Waals surface area contributed by atoms with Crippen LogP contribution < -0.4 is 5.32 Å². The quantitative estimate of drug-likeness (QED) is 0.750. The summed E-state index contributed by atoms with van der Waals surface area (Å²) in [4.78, 5) is 4.26. The lowest BCUT2D eigenvalue weighted by atomic mass is 10.3. The molecule has 2 aromatic heterocycles. The second-order valence-electron chi connectivity index (χ2n) is 3.82. The average molecular weight is 235 g/mol. The summed E-state index contributed by atoms with van der Waals surface area (Å²) in [6.45, 7) is 2.18. The predicted octanol–water partition coefficient (Wildman–Crippen LogP) is 0.723. The van der Waals surface area contributed by atoms with Gasteiger partial charge in [0, 0.05) is 44.9 Å². The molecule has 2 heterocycles. The highest BCUT2D eigenvalue weighted by Crippen LogP contribution is 2.08. The highest BCUT2D eigenvalue weighted by atomic mass is 16.5. The molecule has 6 nitrogen and oxygen atoms in total. The number of aryl methyl sites for hydroxylation is 1. The lowest BCUT2D eigenvalue weighted by Gasteiger charge is -2.08. The van der Waals surface area contributed by atoms with Gasteiger partial charge in [-0.25, -0.2) is 4.98 Å². The Bertz CT molecular complexity index is 462. The Morgan fingerprint density at radius 3 is 3.06 bits per heavy atom. The van der Waals surface area contributed by atoms with Crippen molar-refractivity contribution < 1.29 is 4.74 Å². The van der Waals surface area contributed by atoms with Gasteiger partial charge in [-0.2, -0.15) is 5.10 Å². The van der Waals surface area contributed by atoms with Crippen molar-refractivity contribution in [3.8, 4) is 0 Å². The molecule has 0 atom stereocenters. The summed E-state index contributed by atoms with van der Waals surface area (Å²) in [7, 11) is 3.60. The molecule has 0 unspecified atom stereocenters. The van der Waals surface area contributed by atoms with Crippen molar-refractivity contribution in [1.82, 2.24) is 19.3 Å².